The standard InChI is InChI=1S/C19H20N2O5/c1-11-5-6-15(9-12(11)2)20-19(24)21-16-7-8-17(25-13(3)22)18(10-16)26-14(4)23/h5-10H,1-4H3,(H2,20,21,24). The number of amides is 2. The molecule has 0 saturated heterocycles. The number of urea groups is 1. The number of hydrogen-bond donors (Lipinski definition) is 2. The zero-order chi connectivity index (χ0) is 19.3. The SMILES string of the molecule is CC(=O)Oc1ccc(NC(=O)Nc2ccc(C)c(C)c2)cc1OC(C)=O. The van der Waals surface area contributed by atoms with Crippen LogP contribution < -0.4 is 20.1 Å². The minimum Gasteiger partial charge on any atom is -0.423 e. The Morgan fingerprint density at radius 2 is 1.27 bits per heavy atom. The van der Waals surface area contributed by atoms with Gasteiger partial charge in [0.25, 0.3) is 0 Å². The van der Waals surface area contributed by atoms with Gasteiger partial charge in [-0.15, -0.1) is 0 Å². The largest absolute Gasteiger partial charge is 0.423 e. The van der Waals surface area contributed by atoms with E-state index in [-0.39, 0.29) is 11.5 Å². The van der Waals surface area contributed by atoms with E-state index >= 15 is 0 Å². The van der Waals surface area contributed by atoms with Crippen molar-refractivity contribution >= 4 is 29.3 Å². The Kier molecular flexibility index (Phi) is 5.95. The fraction of sp³-hybridized carbons (Fsp3) is 0.211. The molecule has 7 nitrogen and oxygen atoms in total. The van der Waals surface area contributed by atoms with Crippen LogP contribution in [-0.4, -0.2) is 18.0 Å². The van der Waals surface area contributed by atoms with Crippen LogP contribution in [0.15, 0.2) is 36.4 Å². The summed E-state index contributed by atoms with van der Waals surface area (Å²) in [4.78, 5) is 34.5. The molecule has 0 aliphatic rings. The molecule has 0 spiro atoms. The van der Waals surface area contributed by atoms with E-state index in [1.54, 1.807) is 6.07 Å². The topological polar surface area (TPSA) is 93.7 Å². The van der Waals surface area contributed by atoms with E-state index in [4.69, 9.17) is 9.47 Å². The first-order valence-corrected chi connectivity index (χ1v) is 7.90. The highest BCUT2D eigenvalue weighted by Crippen LogP contribution is 2.31. The summed E-state index contributed by atoms with van der Waals surface area (Å²) in [5.41, 5.74) is 3.22. The third-order valence-electron chi connectivity index (χ3n) is 3.47. The Bertz CT molecular complexity index is 861. The van der Waals surface area contributed by atoms with Gasteiger partial charge in [-0.05, 0) is 49.2 Å². The van der Waals surface area contributed by atoms with Crippen molar-refractivity contribution in [1.82, 2.24) is 0 Å². The van der Waals surface area contributed by atoms with Gasteiger partial charge in [0.2, 0.25) is 0 Å². The second kappa shape index (κ2) is 8.15. The molecule has 0 fully saturated rings. The molecular weight excluding hydrogens is 336 g/mol. The van der Waals surface area contributed by atoms with Gasteiger partial charge in [-0.3, -0.25) is 9.59 Å². The van der Waals surface area contributed by atoms with Crippen LogP contribution in [-0.2, 0) is 9.59 Å². The summed E-state index contributed by atoms with van der Waals surface area (Å²) in [5.74, 6) is -0.994. The van der Waals surface area contributed by atoms with E-state index < -0.39 is 18.0 Å². The van der Waals surface area contributed by atoms with Crippen LogP contribution in [0.5, 0.6) is 11.5 Å². The Balaban J connectivity index is 2.14. The summed E-state index contributed by atoms with van der Waals surface area (Å²) in [7, 11) is 0. The van der Waals surface area contributed by atoms with E-state index in [1.807, 2.05) is 26.0 Å². The minimum atomic E-state index is -0.574. The summed E-state index contributed by atoms with van der Waals surface area (Å²) < 4.78 is 10.0. The van der Waals surface area contributed by atoms with Crippen LogP contribution >= 0.6 is 0 Å². The first-order chi connectivity index (χ1) is 12.2. The van der Waals surface area contributed by atoms with E-state index in [0.717, 1.165) is 11.1 Å². The van der Waals surface area contributed by atoms with Crippen molar-refractivity contribution in [2.24, 2.45) is 0 Å². The van der Waals surface area contributed by atoms with Gasteiger partial charge in [0.05, 0.1) is 0 Å². The number of carbonyl (C=O) groups is 3. The molecule has 2 aromatic carbocycles. The van der Waals surface area contributed by atoms with Crippen LogP contribution in [0.25, 0.3) is 0 Å². The molecule has 2 amide bonds. The third-order valence-corrected chi connectivity index (χ3v) is 3.47. The summed E-state index contributed by atoms with van der Waals surface area (Å²) >= 11 is 0. The van der Waals surface area contributed by atoms with Crippen LogP contribution in [0.2, 0.25) is 0 Å². The maximum Gasteiger partial charge on any atom is 0.323 e. The van der Waals surface area contributed by atoms with Crippen molar-refractivity contribution in [3.8, 4) is 11.5 Å². The molecule has 0 heterocycles. The van der Waals surface area contributed by atoms with E-state index in [1.165, 1.54) is 32.0 Å². The lowest BCUT2D eigenvalue weighted by molar-refractivity contribution is -0.134. The highest BCUT2D eigenvalue weighted by molar-refractivity contribution is 6.00. The second-order valence-electron chi connectivity index (χ2n) is 5.73. The normalized spacial score (nSPS) is 10.0. The molecule has 2 aromatic rings. The van der Waals surface area contributed by atoms with Crippen molar-refractivity contribution in [3.63, 3.8) is 0 Å². The van der Waals surface area contributed by atoms with Crippen LogP contribution in [0, 0.1) is 13.8 Å². The molecule has 0 saturated carbocycles. The summed E-state index contributed by atoms with van der Waals surface area (Å²) in [6.07, 6.45) is 0. The predicted octanol–water partition coefficient (Wildman–Crippen LogP) is 3.80. The molecule has 136 valence electrons. The van der Waals surface area contributed by atoms with Gasteiger partial charge < -0.3 is 20.1 Å². The molecule has 26 heavy (non-hydrogen) atoms. The minimum absolute atomic E-state index is 0.0386. The van der Waals surface area contributed by atoms with E-state index in [9.17, 15) is 14.4 Å². The molecule has 2 N–H and O–H groups in total. The van der Waals surface area contributed by atoms with Crippen molar-refractivity contribution in [1.29, 1.82) is 0 Å². The Morgan fingerprint density at radius 1 is 0.731 bits per heavy atom. The average molecular weight is 356 g/mol. The van der Waals surface area contributed by atoms with Crippen molar-refractivity contribution < 1.29 is 23.9 Å². The maximum absolute atomic E-state index is 12.2. The number of ether oxygens (including phenoxy) is 2. The quantitative estimate of drug-likeness (QED) is 0.642. The van der Waals surface area contributed by atoms with Gasteiger partial charge in [0.1, 0.15) is 0 Å². The number of esters is 2. The van der Waals surface area contributed by atoms with Gasteiger partial charge in [-0.1, -0.05) is 6.07 Å². The first kappa shape index (κ1) is 19.0. The number of anilines is 2. The molecular formula is C19H20N2O5. The summed E-state index contributed by atoms with van der Waals surface area (Å²) in [6.45, 7) is 6.41. The van der Waals surface area contributed by atoms with Crippen LogP contribution in [0.1, 0.15) is 25.0 Å². The lowest BCUT2D eigenvalue weighted by Crippen LogP contribution is -2.19. The van der Waals surface area contributed by atoms with E-state index in [2.05, 4.69) is 10.6 Å². The third kappa shape index (κ3) is 5.34. The number of carbonyl (C=O) groups excluding carboxylic acids is 3. The molecule has 0 aromatic heterocycles. The summed E-state index contributed by atoms with van der Waals surface area (Å²) in [5, 5.41) is 5.36. The van der Waals surface area contributed by atoms with Gasteiger partial charge in [0, 0.05) is 31.3 Å². The molecule has 0 aliphatic heterocycles. The van der Waals surface area contributed by atoms with Crippen LogP contribution in [0.4, 0.5) is 16.2 Å². The molecule has 0 bridgehead atoms. The Morgan fingerprint density at radius 3 is 1.85 bits per heavy atom. The molecule has 0 unspecified atom stereocenters. The summed E-state index contributed by atoms with van der Waals surface area (Å²) in [6, 6.07) is 9.49. The number of benzene rings is 2. The number of aryl methyl sites for hydroxylation is 2. The zero-order valence-electron chi connectivity index (χ0n) is 15.0. The maximum atomic E-state index is 12.2. The Hall–Kier alpha value is -3.35. The molecule has 0 radical (unpaired) electrons. The lowest BCUT2D eigenvalue weighted by atomic mass is 10.1. The second-order valence-corrected chi connectivity index (χ2v) is 5.73. The number of nitrogens with one attached hydrogen (secondary N) is 2. The fourth-order valence-electron chi connectivity index (χ4n) is 2.17. The molecule has 2 rings (SSSR count). The van der Waals surface area contributed by atoms with Gasteiger partial charge >= 0.3 is 18.0 Å². The Labute approximate surface area is 151 Å². The van der Waals surface area contributed by atoms with Gasteiger partial charge in [0.15, 0.2) is 11.5 Å². The van der Waals surface area contributed by atoms with Crippen molar-refractivity contribution in [2.75, 3.05) is 10.6 Å². The lowest BCUT2D eigenvalue weighted by Gasteiger charge is -2.12. The number of hydrogen-bond acceptors (Lipinski definition) is 5. The highest BCUT2D eigenvalue weighted by atomic mass is 16.6. The predicted molar refractivity (Wildman–Crippen MR) is 97.6 cm³/mol. The van der Waals surface area contributed by atoms with Gasteiger partial charge in [-0.25, -0.2) is 4.79 Å². The van der Waals surface area contributed by atoms with Crippen molar-refractivity contribution in [2.45, 2.75) is 27.7 Å². The smallest absolute Gasteiger partial charge is 0.323 e. The molecule has 7 heteroatoms. The van der Waals surface area contributed by atoms with Crippen molar-refractivity contribution in [3.05, 3.63) is 47.5 Å². The van der Waals surface area contributed by atoms with Crippen LogP contribution in [0.3, 0.4) is 0 Å². The zero-order valence-corrected chi connectivity index (χ0v) is 15.0. The number of rotatable bonds is 4. The van der Waals surface area contributed by atoms with E-state index in [0.29, 0.717) is 11.4 Å². The molecule has 0 atom stereocenters. The molecule has 0 aliphatic carbocycles. The van der Waals surface area contributed by atoms with Gasteiger partial charge in [-0.2, -0.15) is 0 Å². The first-order valence-electron chi connectivity index (χ1n) is 7.90. The highest BCUT2D eigenvalue weighted by Gasteiger charge is 2.12. The average Bonchev–Trinajstić information content (AvgIpc) is 2.52. The fourth-order valence-corrected chi connectivity index (χ4v) is 2.17. The monoisotopic (exact) mass is 356 g/mol.